The third-order valence-corrected chi connectivity index (χ3v) is 12.4. The highest BCUT2D eigenvalue weighted by Crippen LogP contribution is 2.38. The Morgan fingerprint density at radius 3 is 2.28 bits per heavy atom. The van der Waals surface area contributed by atoms with Gasteiger partial charge in [0.15, 0.2) is 5.78 Å². The number of ether oxygens (including phenoxy) is 3. The molecule has 0 radical (unpaired) electrons. The Balaban J connectivity index is 1.86. The van der Waals surface area contributed by atoms with E-state index in [-0.39, 0.29) is 70.8 Å². The predicted molar refractivity (Wildman–Crippen MR) is 226 cm³/mol. The van der Waals surface area contributed by atoms with Crippen molar-refractivity contribution in [1.29, 1.82) is 0 Å². The number of Topliss-reactive ketones (excluding diaryl/α,β-unsaturated/α-hetero) is 3. The monoisotopic (exact) mass is 836 g/mol. The molecule has 1 amide bonds. The molecule has 3 heterocycles. The lowest BCUT2D eigenvalue weighted by molar-refractivity contribution is -0.116. The summed E-state index contributed by atoms with van der Waals surface area (Å²) in [5.74, 6) is -4.40. The number of ketones is 3. The first-order chi connectivity index (χ1) is 28.4. The van der Waals surface area contributed by atoms with Crippen LogP contribution in [0.2, 0.25) is 0 Å². The van der Waals surface area contributed by atoms with Gasteiger partial charge in [0.2, 0.25) is 11.6 Å². The lowest BCUT2D eigenvalue weighted by Crippen LogP contribution is -2.45. The maximum absolute atomic E-state index is 14.6. The average Bonchev–Trinajstić information content (AvgIpc) is 3.22. The van der Waals surface area contributed by atoms with Gasteiger partial charge in [0.1, 0.15) is 11.4 Å². The number of hydrogen-bond donors (Lipinski definition) is 5. The summed E-state index contributed by atoms with van der Waals surface area (Å²) in [5, 5.41) is 51.5. The van der Waals surface area contributed by atoms with Crippen molar-refractivity contribution >= 4 is 29.5 Å². The minimum absolute atomic E-state index is 0.00896. The number of allylic oxidation sites excluding steroid dienone is 5. The Labute approximate surface area is 353 Å². The Hall–Kier alpha value is -4.51. The largest absolute Gasteiger partial charge is 0.507 e. The molecular formula is C45H64N4O11. The minimum atomic E-state index is -1.55. The van der Waals surface area contributed by atoms with E-state index in [1.165, 1.54) is 45.6 Å². The molecule has 60 heavy (non-hydrogen) atoms. The van der Waals surface area contributed by atoms with E-state index in [1.54, 1.807) is 24.3 Å². The number of aryl methyl sites for hydroxylation is 1. The number of carbonyl (C=O) groups excluding carboxylic acids is 4. The Morgan fingerprint density at radius 2 is 1.67 bits per heavy atom. The van der Waals surface area contributed by atoms with Crippen LogP contribution in [0.15, 0.2) is 58.6 Å². The number of phenols is 1. The number of carbonyl (C=O) groups is 4. The summed E-state index contributed by atoms with van der Waals surface area (Å²) in [6, 6.07) is 1.30. The third kappa shape index (κ3) is 10.9. The van der Waals surface area contributed by atoms with Gasteiger partial charge in [0.05, 0.1) is 49.0 Å². The Kier molecular flexibility index (Phi) is 17.1. The van der Waals surface area contributed by atoms with E-state index >= 15 is 0 Å². The second-order valence-electron chi connectivity index (χ2n) is 16.7. The van der Waals surface area contributed by atoms with Gasteiger partial charge in [-0.05, 0) is 62.1 Å². The fourth-order valence-electron chi connectivity index (χ4n) is 8.16. The first kappa shape index (κ1) is 48.2. The lowest BCUT2D eigenvalue weighted by Gasteiger charge is -2.37. The van der Waals surface area contributed by atoms with Gasteiger partial charge in [-0.1, -0.05) is 52.8 Å². The van der Waals surface area contributed by atoms with E-state index in [1.807, 2.05) is 40.7 Å². The van der Waals surface area contributed by atoms with Crippen LogP contribution < -0.4 is 5.32 Å². The number of benzene rings is 1. The smallest absolute Gasteiger partial charge is 0.263 e. The first-order valence-electron chi connectivity index (χ1n) is 20.6. The molecule has 0 spiro atoms. The van der Waals surface area contributed by atoms with Gasteiger partial charge in [-0.25, -0.2) is 0 Å². The number of aromatic hydroxyl groups is 1. The SMILES string of the molecule is COC1O/C=C/C[C@@H](C)C(OC)[C@H](C)C(O)[C@H](C)CC(C)C(C)(CO)/C=C/C=C(/C)C(=O)NC2=C(/C=N/N3CCN(CCO)CC3)C(=O)c3c(cc(C)c(O)c3C2=O)C1=O. The van der Waals surface area contributed by atoms with Gasteiger partial charge in [0, 0.05) is 75.0 Å². The number of nitrogens with one attached hydrogen (secondary N) is 1. The number of nitrogens with zero attached hydrogens (tertiary/aromatic N) is 3. The van der Waals surface area contributed by atoms with Crippen molar-refractivity contribution in [3.63, 3.8) is 0 Å². The van der Waals surface area contributed by atoms with Crippen LogP contribution in [0.1, 0.15) is 91.0 Å². The number of phenolic OH excluding ortho intramolecular Hbond substituents is 1. The van der Waals surface area contributed by atoms with Crippen molar-refractivity contribution in [3.05, 3.63) is 75.7 Å². The van der Waals surface area contributed by atoms with Crippen LogP contribution in [-0.4, -0.2) is 138 Å². The third-order valence-electron chi connectivity index (χ3n) is 12.4. The van der Waals surface area contributed by atoms with Gasteiger partial charge >= 0.3 is 0 Å². The molecule has 4 aliphatic rings. The zero-order valence-corrected chi connectivity index (χ0v) is 36.4. The molecule has 4 bridgehead atoms. The number of aliphatic hydroxyl groups is 3. The number of hydrazone groups is 1. The van der Waals surface area contributed by atoms with Gasteiger partial charge < -0.3 is 40.0 Å². The second kappa shape index (κ2) is 21.3. The Morgan fingerprint density at radius 1 is 0.983 bits per heavy atom. The van der Waals surface area contributed by atoms with Crippen LogP contribution in [0.5, 0.6) is 5.75 Å². The molecule has 0 aromatic heterocycles. The topological polar surface area (TPSA) is 208 Å². The maximum atomic E-state index is 14.6. The fourth-order valence-corrected chi connectivity index (χ4v) is 8.16. The quantitative estimate of drug-likeness (QED) is 0.247. The zero-order chi connectivity index (χ0) is 44.5. The summed E-state index contributed by atoms with van der Waals surface area (Å²) in [4.78, 5) is 59.1. The molecule has 15 heteroatoms. The standard InChI is InChI=1S/C45H64N4O11/c1-26-13-11-21-60-44(59-9)40(55)32-23-29(4)38(53)35-34(32)39(54)33(24-46-49-17-15-48(16-18-49)19-20-50)36(41(35)56)47-43(57)27(2)12-10-14-45(7,25-51)30(5)22-28(3)37(52)31(6)42(26)58-8/h10-12,14,21,23-24,26,28,30-31,37,42,44,50-53H,13,15-20,22,25H2,1-9H3,(H,47,57)/b14-10+,21-11+,27-12-,46-24+/t26-,28-,30?,31-,37?,42?,44?,45?/m1/s1. The van der Waals surface area contributed by atoms with E-state index in [4.69, 9.17) is 14.2 Å². The van der Waals surface area contributed by atoms with E-state index in [2.05, 4.69) is 15.3 Å². The molecular weight excluding hydrogens is 773 g/mol. The number of piperazine rings is 1. The number of methoxy groups -OCH3 is 2. The summed E-state index contributed by atoms with van der Waals surface area (Å²) in [7, 11) is 2.86. The minimum Gasteiger partial charge on any atom is -0.507 e. The molecule has 5 N–H and O–H groups in total. The maximum Gasteiger partial charge on any atom is 0.263 e. The molecule has 5 rings (SSSR count). The molecule has 3 aliphatic heterocycles. The molecule has 0 saturated carbocycles. The highest BCUT2D eigenvalue weighted by atomic mass is 16.7. The fraction of sp³-hybridized carbons (Fsp3) is 0.578. The van der Waals surface area contributed by atoms with E-state index in [9.17, 15) is 39.6 Å². The summed E-state index contributed by atoms with van der Waals surface area (Å²) >= 11 is 0. The van der Waals surface area contributed by atoms with Gasteiger partial charge in [-0.15, -0.1) is 0 Å². The molecule has 5 unspecified atom stereocenters. The van der Waals surface area contributed by atoms with Crippen LogP contribution in [0, 0.1) is 36.0 Å². The highest BCUT2D eigenvalue weighted by molar-refractivity contribution is 6.37. The number of rotatable bonds is 7. The summed E-state index contributed by atoms with van der Waals surface area (Å²) in [6.07, 6.45) is 7.60. The van der Waals surface area contributed by atoms with Crippen LogP contribution >= 0.6 is 0 Å². The number of aliphatic hydroxyl groups excluding tert-OH is 3. The van der Waals surface area contributed by atoms with Gasteiger partial charge in [-0.2, -0.15) is 5.10 Å². The molecule has 15 nitrogen and oxygen atoms in total. The van der Waals surface area contributed by atoms with E-state index in [0.29, 0.717) is 45.6 Å². The summed E-state index contributed by atoms with van der Waals surface area (Å²) < 4.78 is 17.1. The number of hydrogen-bond acceptors (Lipinski definition) is 14. The van der Waals surface area contributed by atoms with Crippen LogP contribution in [0.3, 0.4) is 0 Å². The van der Waals surface area contributed by atoms with Gasteiger partial charge in [-0.3, -0.25) is 29.1 Å². The van der Waals surface area contributed by atoms with Crippen LogP contribution in [0.4, 0.5) is 0 Å². The zero-order valence-electron chi connectivity index (χ0n) is 36.4. The molecule has 1 fully saturated rings. The molecule has 1 aromatic carbocycles. The van der Waals surface area contributed by atoms with Crippen molar-refractivity contribution in [3.8, 4) is 5.75 Å². The van der Waals surface area contributed by atoms with Crippen molar-refractivity contribution in [2.45, 2.75) is 79.8 Å². The first-order valence-corrected chi connectivity index (χ1v) is 20.6. The predicted octanol–water partition coefficient (Wildman–Crippen LogP) is 3.95. The molecule has 330 valence electrons. The number of β-amino-alcohol motifs (C(OH)–C–C–N with tert-alkyl or cyclic N) is 1. The number of fused-ring (bicyclic) bond motifs is 17. The molecule has 8 atom stereocenters. The van der Waals surface area contributed by atoms with Crippen molar-refractivity contribution < 1.29 is 53.8 Å². The van der Waals surface area contributed by atoms with Crippen molar-refractivity contribution in [1.82, 2.24) is 15.2 Å². The van der Waals surface area contributed by atoms with Gasteiger partial charge in [0.25, 0.3) is 12.2 Å². The van der Waals surface area contributed by atoms with Crippen LogP contribution in [-0.2, 0) is 19.0 Å². The van der Waals surface area contributed by atoms with Crippen LogP contribution in [0.25, 0.3) is 0 Å². The van der Waals surface area contributed by atoms with E-state index < -0.39 is 58.1 Å². The summed E-state index contributed by atoms with van der Waals surface area (Å²) in [6.45, 7) is 15.2. The highest BCUT2D eigenvalue weighted by Gasteiger charge is 2.41. The van der Waals surface area contributed by atoms with Crippen molar-refractivity contribution in [2.24, 2.45) is 34.2 Å². The van der Waals surface area contributed by atoms with E-state index in [0.717, 1.165) is 0 Å². The average molecular weight is 837 g/mol. The number of amides is 1. The molecule has 1 aromatic rings. The lowest BCUT2D eigenvalue weighted by atomic mass is 9.72. The summed E-state index contributed by atoms with van der Waals surface area (Å²) in [5.41, 5.74) is -2.24. The second-order valence-corrected chi connectivity index (χ2v) is 16.7. The molecule has 1 aliphatic carbocycles. The normalized spacial score (nSPS) is 31.6. The van der Waals surface area contributed by atoms with Crippen molar-refractivity contribution in [2.75, 3.05) is 60.2 Å². The Bertz CT molecular complexity index is 1900. The molecule has 1 saturated heterocycles.